The standard InChI is InChI=1S/C7H6N2O3S3.Na/c10-15(11,12)9-4-1-2-6-5(3-4)8-7(13)14-6;/h1-3,9H,(H,8,13)(H,10,11,12);/q;+1/p-1. The number of hydrogen-bond acceptors (Lipinski definition) is 6. The number of fused-ring (bicyclic) bond motifs is 1. The molecule has 0 aliphatic heterocycles. The Kier molecular flexibility index (Phi) is 4.64. The third-order valence-corrected chi connectivity index (χ3v) is 3.32. The Bertz CT molecular complexity index is 610. The van der Waals surface area contributed by atoms with Crippen molar-refractivity contribution >= 4 is 50.2 Å². The topological polar surface area (TPSA) is 82.1 Å². The molecule has 0 amide bonds. The molecule has 0 aliphatic carbocycles. The Morgan fingerprint density at radius 2 is 2.12 bits per heavy atom. The molecule has 80 valence electrons. The molecule has 2 aromatic rings. The Morgan fingerprint density at radius 3 is 2.75 bits per heavy atom. The molecule has 1 N–H and O–H groups in total. The summed E-state index contributed by atoms with van der Waals surface area (Å²) in [6, 6.07) is 4.67. The number of rotatable bonds is 2. The molecule has 16 heavy (non-hydrogen) atoms. The molecule has 1 aromatic carbocycles. The van der Waals surface area contributed by atoms with Gasteiger partial charge in [0, 0.05) is 5.69 Å². The first-order chi connectivity index (χ1) is 6.94. The van der Waals surface area contributed by atoms with Gasteiger partial charge in [-0.3, -0.25) is 4.72 Å². The van der Waals surface area contributed by atoms with Crippen molar-refractivity contribution < 1.29 is 42.5 Å². The molecule has 5 nitrogen and oxygen atoms in total. The first kappa shape index (κ1) is 14.2. The van der Waals surface area contributed by atoms with Gasteiger partial charge in [-0.1, -0.05) is 0 Å². The molecule has 0 spiro atoms. The van der Waals surface area contributed by atoms with Crippen LogP contribution in [0.25, 0.3) is 10.2 Å². The second-order valence-corrected chi connectivity index (χ2v) is 5.60. The first-order valence-electron chi connectivity index (χ1n) is 3.77. The minimum absolute atomic E-state index is 0. The van der Waals surface area contributed by atoms with Crippen LogP contribution in [-0.4, -0.2) is 18.0 Å². The Labute approximate surface area is 124 Å². The molecule has 9 heteroatoms. The maximum atomic E-state index is 10.4. The van der Waals surface area contributed by atoms with Crippen molar-refractivity contribution in [3.05, 3.63) is 18.2 Å². The molecule has 0 saturated carbocycles. The maximum Gasteiger partial charge on any atom is 1.00 e. The average Bonchev–Trinajstić information content (AvgIpc) is 2.40. The molecule has 1 heterocycles. The van der Waals surface area contributed by atoms with E-state index in [1.165, 1.54) is 23.5 Å². The van der Waals surface area contributed by atoms with Crippen molar-refractivity contribution in [2.45, 2.75) is 4.34 Å². The SMILES string of the molecule is O=S(=O)([O-])Nc1ccc2sc(S)nc2c1.[Na+]. The van der Waals surface area contributed by atoms with E-state index in [-0.39, 0.29) is 35.2 Å². The molecule has 0 bridgehead atoms. The smallest absolute Gasteiger partial charge is 0.731 e. The predicted molar refractivity (Wildman–Crippen MR) is 60.2 cm³/mol. The molecule has 1 aromatic heterocycles. The van der Waals surface area contributed by atoms with E-state index in [2.05, 4.69) is 17.6 Å². The van der Waals surface area contributed by atoms with E-state index in [0.29, 0.717) is 9.86 Å². The van der Waals surface area contributed by atoms with Gasteiger partial charge in [-0.05, 0) is 18.2 Å². The van der Waals surface area contributed by atoms with Gasteiger partial charge >= 0.3 is 29.6 Å². The zero-order valence-electron chi connectivity index (χ0n) is 8.17. The molecule has 0 atom stereocenters. The van der Waals surface area contributed by atoms with Gasteiger partial charge in [0.05, 0.1) is 10.2 Å². The number of thiol groups is 1. The van der Waals surface area contributed by atoms with E-state index < -0.39 is 10.3 Å². The summed E-state index contributed by atoms with van der Waals surface area (Å²) in [6.07, 6.45) is 0. The fourth-order valence-corrected chi connectivity index (χ4v) is 2.63. The van der Waals surface area contributed by atoms with Crippen LogP contribution in [0.2, 0.25) is 0 Å². The van der Waals surface area contributed by atoms with Gasteiger partial charge in [0.15, 0.2) is 10.3 Å². The van der Waals surface area contributed by atoms with Crippen LogP contribution in [-0.2, 0) is 10.3 Å². The van der Waals surface area contributed by atoms with Crippen molar-refractivity contribution in [2.24, 2.45) is 0 Å². The fourth-order valence-electron chi connectivity index (χ4n) is 1.12. The molecule has 2 rings (SSSR count). The maximum absolute atomic E-state index is 10.4. The van der Waals surface area contributed by atoms with Crippen LogP contribution in [0.1, 0.15) is 0 Å². The number of benzene rings is 1. The first-order valence-corrected chi connectivity index (χ1v) is 6.44. The van der Waals surface area contributed by atoms with Crippen molar-refractivity contribution in [1.82, 2.24) is 4.98 Å². The summed E-state index contributed by atoms with van der Waals surface area (Å²) >= 11 is 5.45. The van der Waals surface area contributed by atoms with Crippen LogP contribution in [0.15, 0.2) is 22.5 Å². The number of nitrogens with zero attached hydrogens (tertiary/aromatic N) is 1. The quantitative estimate of drug-likeness (QED) is 0.398. The number of nitrogens with one attached hydrogen (secondary N) is 1. The third kappa shape index (κ3) is 3.59. The molecule has 0 saturated heterocycles. The third-order valence-electron chi connectivity index (χ3n) is 1.62. The normalized spacial score (nSPS) is 11.1. The zero-order chi connectivity index (χ0) is 11.1. The molecular weight excluding hydrogens is 279 g/mol. The van der Waals surface area contributed by atoms with Crippen LogP contribution < -0.4 is 34.3 Å². The molecule has 0 unspecified atom stereocenters. The van der Waals surface area contributed by atoms with E-state index >= 15 is 0 Å². The minimum atomic E-state index is -4.48. The number of anilines is 1. The second kappa shape index (κ2) is 5.21. The van der Waals surface area contributed by atoms with Crippen LogP contribution >= 0.6 is 24.0 Å². The van der Waals surface area contributed by atoms with Crippen molar-refractivity contribution in [3.8, 4) is 0 Å². The van der Waals surface area contributed by atoms with Crippen LogP contribution in [0.4, 0.5) is 5.69 Å². The monoisotopic (exact) mass is 284 g/mol. The summed E-state index contributed by atoms with van der Waals surface area (Å²) in [5.41, 5.74) is 0.815. The predicted octanol–water partition coefficient (Wildman–Crippen LogP) is -1.54. The van der Waals surface area contributed by atoms with E-state index in [1.807, 2.05) is 4.72 Å². The van der Waals surface area contributed by atoms with Crippen LogP contribution in [0.5, 0.6) is 0 Å². The summed E-state index contributed by atoms with van der Waals surface area (Å²) in [4.78, 5) is 4.05. The summed E-state index contributed by atoms with van der Waals surface area (Å²) in [6.45, 7) is 0. The molecular formula is C7H5N2NaO3S3. The molecule has 0 radical (unpaired) electrons. The molecule has 0 aliphatic rings. The fraction of sp³-hybridized carbons (Fsp3) is 0. The Balaban J connectivity index is 0.00000128. The van der Waals surface area contributed by atoms with E-state index in [0.717, 1.165) is 4.70 Å². The summed E-state index contributed by atoms with van der Waals surface area (Å²) in [7, 11) is -4.48. The van der Waals surface area contributed by atoms with Gasteiger partial charge in [-0.15, -0.1) is 24.0 Å². The summed E-state index contributed by atoms with van der Waals surface area (Å²) in [5, 5.41) is 0. The van der Waals surface area contributed by atoms with Gasteiger partial charge in [-0.25, -0.2) is 13.4 Å². The largest absolute Gasteiger partial charge is 1.00 e. The van der Waals surface area contributed by atoms with E-state index in [9.17, 15) is 13.0 Å². The van der Waals surface area contributed by atoms with Crippen molar-refractivity contribution in [1.29, 1.82) is 0 Å². The van der Waals surface area contributed by atoms with Crippen LogP contribution in [0, 0.1) is 0 Å². The Morgan fingerprint density at radius 1 is 1.44 bits per heavy atom. The number of thiazole rings is 1. The minimum Gasteiger partial charge on any atom is -0.731 e. The number of hydrogen-bond donors (Lipinski definition) is 2. The Hall–Kier alpha value is 0.170. The van der Waals surface area contributed by atoms with Gasteiger partial charge in [-0.2, -0.15) is 0 Å². The average molecular weight is 284 g/mol. The van der Waals surface area contributed by atoms with Crippen LogP contribution in [0.3, 0.4) is 0 Å². The van der Waals surface area contributed by atoms with Gasteiger partial charge in [0.25, 0.3) is 0 Å². The number of aromatic nitrogens is 1. The van der Waals surface area contributed by atoms with Crippen molar-refractivity contribution in [3.63, 3.8) is 0 Å². The second-order valence-electron chi connectivity index (χ2n) is 2.74. The van der Waals surface area contributed by atoms with E-state index in [1.54, 1.807) is 6.07 Å². The van der Waals surface area contributed by atoms with Gasteiger partial charge in [0.1, 0.15) is 4.34 Å². The summed E-state index contributed by atoms with van der Waals surface area (Å²) < 4.78 is 34.6. The van der Waals surface area contributed by atoms with Crippen molar-refractivity contribution in [2.75, 3.05) is 4.72 Å². The van der Waals surface area contributed by atoms with Gasteiger partial charge in [0.2, 0.25) is 0 Å². The zero-order valence-corrected chi connectivity index (χ0v) is 12.7. The molecule has 0 fully saturated rings. The van der Waals surface area contributed by atoms with E-state index in [4.69, 9.17) is 0 Å². The van der Waals surface area contributed by atoms with Gasteiger partial charge < -0.3 is 4.55 Å². The summed E-state index contributed by atoms with van der Waals surface area (Å²) in [5.74, 6) is 0.